The highest BCUT2D eigenvalue weighted by Crippen LogP contribution is 2.27. The molecule has 0 saturated heterocycles. The Morgan fingerprint density at radius 3 is 2.38 bits per heavy atom. The first-order valence-electron chi connectivity index (χ1n) is 9.98. The molecule has 0 aliphatic rings. The molecule has 0 radical (unpaired) electrons. The van der Waals surface area contributed by atoms with Crippen LogP contribution in [-0.2, 0) is 6.42 Å². The van der Waals surface area contributed by atoms with Crippen LogP contribution in [0.15, 0.2) is 61.3 Å². The molecule has 0 unspecified atom stereocenters. The van der Waals surface area contributed by atoms with Crippen molar-refractivity contribution in [3.05, 3.63) is 72.4 Å². The molecule has 0 fully saturated rings. The summed E-state index contributed by atoms with van der Waals surface area (Å²) in [6.07, 6.45) is 13.2. The number of rotatable bonds is 9. The number of hydrogen-bond donors (Lipinski definition) is 0. The number of aryl methyl sites for hydroxylation is 1. The van der Waals surface area contributed by atoms with Gasteiger partial charge in [0.2, 0.25) is 5.69 Å². The van der Waals surface area contributed by atoms with Crippen molar-refractivity contribution < 1.29 is 4.98 Å². The van der Waals surface area contributed by atoms with Crippen molar-refractivity contribution in [1.82, 2.24) is 0 Å². The van der Waals surface area contributed by atoms with Gasteiger partial charge in [0, 0.05) is 17.0 Å². The van der Waals surface area contributed by atoms with Gasteiger partial charge >= 0.3 is 0 Å². The number of unbranched alkanes of at least 4 members (excludes halogenated alkanes) is 5. The average molecular weight is 345 g/mol. The zero-order valence-electron chi connectivity index (χ0n) is 15.9. The van der Waals surface area contributed by atoms with E-state index in [4.69, 9.17) is 0 Å². The van der Waals surface area contributed by atoms with Crippen molar-refractivity contribution in [2.75, 3.05) is 0 Å². The molecule has 0 atom stereocenters. The lowest BCUT2D eigenvalue weighted by Gasteiger charge is -2.06. The van der Waals surface area contributed by atoms with E-state index in [0.29, 0.717) is 0 Å². The zero-order chi connectivity index (χ0) is 18.2. The molecule has 1 heterocycles. The summed E-state index contributed by atoms with van der Waals surface area (Å²) in [6.45, 7) is 6.21. The predicted octanol–water partition coefficient (Wildman–Crippen LogP) is 6.87. The second-order valence-corrected chi connectivity index (χ2v) is 7.08. The number of aromatic nitrogens is 1. The van der Waals surface area contributed by atoms with Crippen molar-refractivity contribution >= 4 is 16.8 Å². The third-order valence-electron chi connectivity index (χ3n) is 5.17. The third kappa shape index (κ3) is 4.40. The van der Waals surface area contributed by atoms with Crippen LogP contribution in [0.2, 0.25) is 0 Å². The van der Waals surface area contributed by atoms with E-state index in [0.717, 1.165) is 0 Å². The van der Waals surface area contributed by atoms with E-state index in [1.165, 1.54) is 78.1 Å². The second-order valence-electron chi connectivity index (χ2n) is 7.08. The van der Waals surface area contributed by atoms with Gasteiger partial charge in [0.05, 0.1) is 5.39 Å². The summed E-state index contributed by atoms with van der Waals surface area (Å²) >= 11 is 0. The summed E-state index contributed by atoms with van der Waals surface area (Å²) in [6, 6.07) is 17.6. The van der Waals surface area contributed by atoms with Crippen LogP contribution in [0.1, 0.15) is 56.6 Å². The molecule has 0 bridgehead atoms. The van der Waals surface area contributed by atoms with Crippen molar-refractivity contribution in [2.45, 2.75) is 51.9 Å². The van der Waals surface area contributed by atoms with Gasteiger partial charge in [0.15, 0.2) is 6.20 Å². The Morgan fingerprint density at radius 1 is 0.846 bits per heavy atom. The number of nitrogens with one attached hydrogen (secondary N) is 1. The first-order chi connectivity index (χ1) is 12.8. The predicted molar refractivity (Wildman–Crippen MR) is 113 cm³/mol. The van der Waals surface area contributed by atoms with E-state index >= 15 is 0 Å². The van der Waals surface area contributed by atoms with Gasteiger partial charge in [0.25, 0.3) is 0 Å². The first kappa shape index (κ1) is 18.4. The van der Waals surface area contributed by atoms with Crippen LogP contribution in [-0.4, -0.2) is 0 Å². The van der Waals surface area contributed by atoms with Gasteiger partial charge in [-0.3, -0.25) is 0 Å². The molecule has 1 nitrogen and oxygen atoms in total. The number of H-pyrrole nitrogens is 1. The molecule has 3 aromatic rings. The summed E-state index contributed by atoms with van der Waals surface area (Å²) in [4.78, 5) is 3.44. The van der Waals surface area contributed by atoms with Crippen molar-refractivity contribution in [3.63, 3.8) is 0 Å². The van der Waals surface area contributed by atoms with Gasteiger partial charge in [-0.15, -0.1) is 0 Å². The third-order valence-corrected chi connectivity index (χ3v) is 5.17. The maximum Gasteiger partial charge on any atom is 0.218 e. The molecule has 1 heteroatoms. The monoisotopic (exact) mass is 344 g/mol. The number of pyridine rings is 1. The molecular weight excluding hydrogens is 314 g/mol. The van der Waals surface area contributed by atoms with Crippen LogP contribution in [0.5, 0.6) is 0 Å². The fourth-order valence-corrected chi connectivity index (χ4v) is 3.64. The Labute approximate surface area is 157 Å². The van der Waals surface area contributed by atoms with E-state index in [1.807, 2.05) is 12.3 Å². The van der Waals surface area contributed by atoms with E-state index in [2.05, 4.69) is 67.0 Å². The maximum atomic E-state index is 3.94. The van der Waals surface area contributed by atoms with Gasteiger partial charge < -0.3 is 0 Å². The number of aromatic amines is 1. The highest BCUT2D eigenvalue weighted by molar-refractivity contribution is 5.97. The van der Waals surface area contributed by atoms with E-state index < -0.39 is 0 Å². The molecule has 1 N–H and O–H groups in total. The normalized spacial score (nSPS) is 11.0. The van der Waals surface area contributed by atoms with Crippen molar-refractivity contribution in [1.29, 1.82) is 0 Å². The van der Waals surface area contributed by atoms with Crippen LogP contribution < -0.4 is 4.98 Å². The van der Waals surface area contributed by atoms with Gasteiger partial charge in [-0.2, -0.15) is 0 Å². The molecule has 134 valence electrons. The minimum atomic E-state index is 1.18. The highest BCUT2D eigenvalue weighted by atomic mass is 14.7. The van der Waals surface area contributed by atoms with Crippen LogP contribution in [0.3, 0.4) is 0 Å². The van der Waals surface area contributed by atoms with Crippen LogP contribution in [0.4, 0.5) is 0 Å². The first-order valence-corrected chi connectivity index (χ1v) is 9.98. The fraction of sp³-hybridized carbons (Fsp3) is 0.320. The molecule has 1 aromatic heterocycles. The Hall–Kier alpha value is -2.41. The molecule has 2 aromatic carbocycles. The quantitative estimate of drug-likeness (QED) is 0.376. The SMILES string of the molecule is C=Cc1cccc2c(-c3ccc(CCCCCCCC)cc3)[nH+]ccc12. The molecule has 0 spiro atoms. The van der Waals surface area contributed by atoms with Crippen LogP contribution in [0, 0.1) is 0 Å². The van der Waals surface area contributed by atoms with E-state index in [1.54, 1.807) is 0 Å². The largest absolute Gasteiger partial charge is 0.218 e. The molecule has 26 heavy (non-hydrogen) atoms. The van der Waals surface area contributed by atoms with Crippen molar-refractivity contribution in [3.8, 4) is 11.3 Å². The lowest BCUT2D eigenvalue weighted by atomic mass is 9.98. The molecular formula is C25H30N+. The summed E-state index contributed by atoms with van der Waals surface area (Å²) < 4.78 is 0. The van der Waals surface area contributed by atoms with Crippen molar-refractivity contribution in [2.24, 2.45) is 0 Å². The zero-order valence-corrected chi connectivity index (χ0v) is 15.9. The maximum absolute atomic E-state index is 3.94. The smallest absolute Gasteiger partial charge is 0.211 e. The van der Waals surface area contributed by atoms with Gasteiger partial charge in [-0.05, 0) is 42.2 Å². The molecule has 0 amide bonds. The number of hydrogen-bond acceptors (Lipinski definition) is 0. The minimum absolute atomic E-state index is 1.18. The summed E-state index contributed by atoms with van der Waals surface area (Å²) in [5.74, 6) is 0. The van der Waals surface area contributed by atoms with Crippen LogP contribution >= 0.6 is 0 Å². The Balaban J connectivity index is 1.71. The molecule has 3 rings (SSSR count). The highest BCUT2D eigenvalue weighted by Gasteiger charge is 2.12. The van der Waals surface area contributed by atoms with E-state index in [9.17, 15) is 0 Å². The number of fused-ring (bicyclic) bond motifs is 1. The molecule has 0 aliphatic heterocycles. The average Bonchev–Trinajstić information content (AvgIpc) is 2.70. The molecule has 0 aliphatic carbocycles. The second kappa shape index (κ2) is 9.33. The standard InChI is InChI=1S/C25H29N/c1-3-5-6-7-8-9-11-20-14-16-22(17-15-20)25-24-13-10-12-21(4-2)23(24)18-19-26-25/h4,10,12-19H,2-3,5-9,11H2,1H3/p+1. The van der Waals surface area contributed by atoms with E-state index in [-0.39, 0.29) is 0 Å². The topological polar surface area (TPSA) is 14.1 Å². The lowest BCUT2D eigenvalue weighted by molar-refractivity contribution is -0.362. The Morgan fingerprint density at radius 2 is 1.62 bits per heavy atom. The van der Waals surface area contributed by atoms with Gasteiger partial charge in [0.1, 0.15) is 0 Å². The van der Waals surface area contributed by atoms with Crippen LogP contribution in [0.25, 0.3) is 28.1 Å². The Bertz CT molecular complexity index is 846. The van der Waals surface area contributed by atoms with Gasteiger partial charge in [-0.1, -0.05) is 75.9 Å². The number of benzene rings is 2. The summed E-state index contributed by atoms with van der Waals surface area (Å²) in [7, 11) is 0. The summed E-state index contributed by atoms with van der Waals surface area (Å²) in [5, 5.41) is 2.49. The Kier molecular flexibility index (Phi) is 6.60. The lowest BCUT2D eigenvalue weighted by Crippen LogP contribution is -2.06. The fourth-order valence-electron chi connectivity index (χ4n) is 3.64. The minimum Gasteiger partial charge on any atom is -0.211 e. The summed E-state index contributed by atoms with van der Waals surface area (Å²) in [5.41, 5.74) is 5.04. The molecule has 0 saturated carbocycles. The van der Waals surface area contributed by atoms with Gasteiger partial charge in [-0.25, -0.2) is 4.98 Å².